The average molecular weight is 219 g/mol. The fraction of sp³-hybridized carbons (Fsp3) is 0.375. The molecule has 0 amide bonds. The predicted molar refractivity (Wildman–Crippen MR) is 46.4 cm³/mol. The van der Waals surface area contributed by atoms with Gasteiger partial charge in [0.1, 0.15) is 11.6 Å². The monoisotopic (exact) mass is 219 g/mol. The van der Waals surface area contributed by atoms with E-state index in [0.717, 1.165) is 0 Å². The molecule has 0 fully saturated rings. The number of nitrogens with zero attached hydrogens (tertiary/aromatic N) is 1. The second-order valence-corrected chi connectivity index (χ2v) is 3.19. The number of hydrogen-bond acceptors (Lipinski definition) is 4. The highest BCUT2D eigenvalue weighted by molar-refractivity contribution is 5.87. The van der Waals surface area contributed by atoms with Crippen molar-refractivity contribution in [3.8, 4) is 0 Å². The third-order valence-corrected chi connectivity index (χ3v) is 2.12. The lowest BCUT2D eigenvalue weighted by Gasteiger charge is -2.19. The predicted octanol–water partition coefficient (Wildman–Crippen LogP) is 0.837. The van der Waals surface area contributed by atoms with Crippen LogP contribution in [-0.2, 0) is 4.74 Å². The third-order valence-electron chi connectivity index (χ3n) is 2.12. The van der Waals surface area contributed by atoms with E-state index in [1.165, 1.54) is 18.2 Å². The molecule has 1 aliphatic carbocycles. The molecule has 0 saturated carbocycles. The molecule has 0 saturated heterocycles. The van der Waals surface area contributed by atoms with E-state index in [9.17, 15) is 13.2 Å². The lowest BCUT2D eigenvalue weighted by Crippen LogP contribution is -2.31. The van der Waals surface area contributed by atoms with Gasteiger partial charge in [0.25, 0.3) is 0 Å². The zero-order valence-corrected chi connectivity index (χ0v) is 7.45. The van der Waals surface area contributed by atoms with E-state index in [4.69, 9.17) is 5.73 Å². The first kappa shape index (κ1) is 9.88. The smallest absolute Gasteiger partial charge is 0.406 e. The summed E-state index contributed by atoms with van der Waals surface area (Å²) >= 11 is 0. The van der Waals surface area contributed by atoms with Crippen LogP contribution in [0.1, 0.15) is 0 Å². The fourth-order valence-corrected chi connectivity index (χ4v) is 1.47. The maximum absolute atomic E-state index is 11.9. The number of fused-ring (bicyclic) bond motifs is 1. The van der Waals surface area contributed by atoms with Gasteiger partial charge in [0.05, 0.1) is 12.0 Å². The normalized spacial score (nSPS) is 29.0. The Labute approximate surface area is 83.3 Å². The van der Waals surface area contributed by atoms with Crippen molar-refractivity contribution in [2.75, 3.05) is 0 Å². The van der Waals surface area contributed by atoms with Gasteiger partial charge in [-0.05, 0) is 12.2 Å². The van der Waals surface area contributed by atoms with Gasteiger partial charge in [0.2, 0.25) is 0 Å². The quantitative estimate of drug-likeness (QED) is 0.686. The summed E-state index contributed by atoms with van der Waals surface area (Å²) in [6.07, 6.45) is -0.594. The minimum absolute atomic E-state index is 0.175. The highest BCUT2D eigenvalue weighted by atomic mass is 19.4. The molecule has 0 bridgehead atoms. The van der Waals surface area contributed by atoms with Crippen molar-refractivity contribution in [3.63, 3.8) is 0 Å². The van der Waals surface area contributed by atoms with Gasteiger partial charge >= 0.3 is 6.36 Å². The molecule has 1 heterocycles. The first-order valence-corrected chi connectivity index (χ1v) is 4.20. The molecule has 0 aromatic heterocycles. The lowest BCUT2D eigenvalue weighted by molar-refractivity contribution is -0.303. The van der Waals surface area contributed by atoms with Crippen molar-refractivity contribution in [1.29, 1.82) is 0 Å². The maximum atomic E-state index is 11.9. The summed E-state index contributed by atoms with van der Waals surface area (Å²) in [6, 6.07) is -0.175. The first-order chi connectivity index (χ1) is 6.96. The summed E-state index contributed by atoms with van der Waals surface area (Å²) < 4.78 is 39.5. The third kappa shape index (κ3) is 2.05. The molecule has 2 rings (SSSR count). The number of alkyl halides is 3. The number of rotatable bonds is 1. The van der Waals surface area contributed by atoms with Crippen LogP contribution in [0.25, 0.3) is 0 Å². The van der Waals surface area contributed by atoms with Crippen LogP contribution < -0.4 is 11.2 Å². The van der Waals surface area contributed by atoms with Crippen LogP contribution >= 0.6 is 0 Å². The number of nitrogens with two attached hydrogens (primary N) is 1. The van der Waals surface area contributed by atoms with Gasteiger partial charge in [-0.2, -0.15) is 5.10 Å². The van der Waals surface area contributed by atoms with Gasteiger partial charge in [-0.25, -0.2) is 0 Å². The Morgan fingerprint density at radius 1 is 1.47 bits per heavy atom. The number of hydrogen-bond donors (Lipinski definition) is 2. The number of hydrazone groups is 1. The molecule has 0 aromatic rings. The molecule has 0 spiro atoms. The Morgan fingerprint density at radius 3 is 2.87 bits per heavy atom. The summed E-state index contributed by atoms with van der Waals surface area (Å²) in [7, 11) is 0. The summed E-state index contributed by atoms with van der Waals surface area (Å²) in [5.41, 5.74) is 8.17. The number of halogens is 3. The highest BCUT2D eigenvalue weighted by Gasteiger charge is 2.35. The zero-order valence-electron chi connectivity index (χ0n) is 7.45. The van der Waals surface area contributed by atoms with E-state index in [2.05, 4.69) is 15.3 Å². The van der Waals surface area contributed by atoms with Gasteiger partial charge in [-0.15, -0.1) is 13.2 Å². The van der Waals surface area contributed by atoms with Crippen LogP contribution in [0.3, 0.4) is 0 Å². The Bertz CT molecular complexity index is 359. The SMILES string of the molecule is NC1=NN[C@H]2C=CC(OC(F)(F)F)=C[C@H]12. The molecule has 2 aliphatic rings. The van der Waals surface area contributed by atoms with Gasteiger partial charge < -0.3 is 15.9 Å². The van der Waals surface area contributed by atoms with Crippen LogP contribution in [0.4, 0.5) is 13.2 Å². The molecule has 4 nitrogen and oxygen atoms in total. The topological polar surface area (TPSA) is 59.6 Å². The van der Waals surface area contributed by atoms with Crippen molar-refractivity contribution in [2.24, 2.45) is 16.8 Å². The molecule has 15 heavy (non-hydrogen) atoms. The molecule has 0 aromatic carbocycles. The number of ether oxygens (including phenoxy) is 1. The van der Waals surface area contributed by atoms with Crippen LogP contribution in [0.2, 0.25) is 0 Å². The van der Waals surface area contributed by atoms with Crippen LogP contribution in [0, 0.1) is 5.92 Å². The Balaban J connectivity index is 2.13. The fourth-order valence-electron chi connectivity index (χ4n) is 1.47. The van der Waals surface area contributed by atoms with Crippen molar-refractivity contribution in [3.05, 3.63) is 24.0 Å². The van der Waals surface area contributed by atoms with Crippen LogP contribution in [-0.4, -0.2) is 18.2 Å². The number of nitrogens with one attached hydrogen (secondary N) is 1. The van der Waals surface area contributed by atoms with E-state index in [0.29, 0.717) is 0 Å². The second kappa shape index (κ2) is 3.18. The molecule has 0 unspecified atom stereocenters. The summed E-state index contributed by atoms with van der Waals surface area (Å²) in [6.45, 7) is 0. The highest BCUT2D eigenvalue weighted by Crippen LogP contribution is 2.27. The minimum Gasteiger partial charge on any atom is -0.406 e. The average Bonchev–Trinajstić information content (AvgIpc) is 2.45. The molecule has 82 valence electrons. The van der Waals surface area contributed by atoms with Gasteiger partial charge in [-0.1, -0.05) is 6.08 Å². The van der Waals surface area contributed by atoms with Crippen LogP contribution in [0.5, 0.6) is 0 Å². The minimum atomic E-state index is -4.68. The standard InChI is InChI=1S/C8H8F3N3O/c9-8(10,11)15-4-1-2-6-5(3-4)7(12)14-13-6/h1-3,5-6,13H,(H2,12,14)/t5-,6-/m0/s1. The Hall–Kier alpha value is -1.66. The van der Waals surface area contributed by atoms with Gasteiger partial charge in [-0.3, -0.25) is 0 Å². The molecular weight excluding hydrogens is 211 g/mol. The summed E-state index contributed by atoms with van der Waals surface area (Å²) in [5.74, 6) is -0.370. The van der Waals surface area contributed by atoms with E-state index in [-0.39, 0.29) is 23.6 Å². The molecular formula is C8H8F3N3O. The van der Waals surface area contributed by atoms with Crippen molar-refractivity contribution < 1.29 is 17.9 Å². The van der Waals surface area contributed by atoms with E-state index in [1.807, 2.05) is 0 Å². The lowest BCUT2D eigenvalue weighted by atomic mass is 9.95. The maximum Gasteiger partial charge on any atom is 0.573 e. The van der Waals surface area contributed by atoms with Crippen LogP contribution in [0.15, 0.2) is 29.1 Å². The van der Waals surface area contributed by atoms with E-state index >= 15 is 0 Å². The second-order valence-electron chi connectivity index (χ2n) is 3.19. The van der Waals surface area contributed by atoms with Gasteiger partial charge in [0.15, 0.2) is 0 Å². The summed E-state index contributed by atoms with van der Waals surface area (Å²) in [5, 5.41) is 3.72. The Morgan fingerprint density at radius 2 is 2.20 bits per heavy atom. The van der Waals surface area contributed by atoms with Crippen molar-refractivity contribution in [1.82, 2.24) is 5.43 Å². The first-order valence-electron chi connectivity index (χ1n) is 4.20. The Kier molecular flexibility index (Phi) is 2.09. The number of allylic oxidation sites excluding steroid dienone is 1. The van der Waals surface area contributed by atoms with Gasteiger partial charge in [0, 0.05) is 0 Å². The zero-order chi connectivity index (χ0) is 11.1. The van der Waals surface area contributed by atoms with Crippen molar-refractivity contribution >= 4 is 5.84 Å². The molecule has 7 heteroatoms. The van der Waals surface area contributed by atoms with Crippen molar-refractivity contribution in [2.45, 2.75) is 12.4 Å². The van der Waals surface area contributed by atoms with E-state index < -0.39 is 6.36 Å². The molecule has 1 aliphatic heterocycles. The number of amidine groups is 1. The molecule has 3 N–H and O–H groups in total. The summed E-state index contributed by atoms with van der Waals surface area (Å²) in [4.78, 5) is 0. The molecule has 2 atom stereocenters. The van der Waals surface area contributed by atoms with E-state index in [1.54, 1.807) is 0 Å². The molecule has 0 radical (unpaired) electrons. The largest absolute Gasteiger partial charge is 0.573 e.